The Hall–Kier alpha value is -3.06. The molecule has 0 aromatic heterocycles. The molecule has 0 saturated carbocycles. The van der Waals surface area contributed by atoms with E-state index < -0.39 is 5.91 Å². The van der Waals surface area contributed by atoms with E-state index in [9.17, 15) is 9.59 Å². The molecule has 138 valence electrons. The molecule has 2 aromatic rings. The Morgan fingerprint density at radius 2 is 1.54 bits per heavy atom. The minimum atomic E-state index is -0.392. The first kappa shape index (κ1) is 19.3. The molecule has 0 radical (unpaired) electrons. The summed E-state index contributed by atoms with van der Waals surface area (Å²) in [5.74, 6) is 0.360. The fraction of sp³-hybridized carbons (Fsp3) is 0.263. The van der Waals surface area contributed by atoms with Gasteiger partial charge in [0.2, 0.25) is 11.8 Å². The monoisotopic (exact) mass is 358 g/mol. The zero-order valence-corrected chi connectivity index (χ0v) is 15.0. The number of methoxy groups -OCH3 is 2. The zero-order chi connectivity index (χ0) is 18.9. The standard InChI is InChI=1S/C19H22N2O5/c1-13-4-6-14(7-5-13)20-18(22)11-26-12-19(23)21-16-9-8-15(24-2)10-17(16)25-3/h4-10H,11-12H2,1-3H3,(H,20,22)(H,21,23). The SMILES string of the molecule is COc1ccc(NC(=O)COCC(=O)Nc2ccc(C)cc2)c(OC)c1. The Kier molecular flexibility index (Phi) is 6.99. The average molecular weight is 358 g/mol. The molecule has 0 aliphatic heterocycles. The van der Waals surface area contributed by atoms with Crippen LogP contribution in [0.5, 0.6) is 11.5 Å². The summed E-state index contributed by atoms with van der Waals surface area (Å²) >= 11 is 0. The number of anilines is 2. The summed E-state index contributed by atoms with van der Waals surface area (Å²) in [4.78, 5) is 23.8. The van der Waals surface area contributed by atoms with Crippen molar-refractivity contribution < 1.29 is 23.8 Å². The summed E-state index contributed by atoms with van der Waals surface area (Å²) in [6, 6.07) is 12.4. The van der Waals surface area contributed by atoms with Gasteiger partial charge in [0.05, 0.1) is 19.9 Å². The molecule has 0 heterocycles. The summed E-state index contributed by atoms with van der Waals surface area (Å²) < 4.78 is 15.5. The average Bonchev–Trinajstić information content (AvgIpc) is 2.64. The van der Waals surface area contributed by atoms with Crippen molar-refractivity contribution in [2.75, 3.05) is 38.1 Å². The van der Waals surface area contributed by atoms with E-state index in [2.05, 4.69) is 10.6 Å². The van der Waals surface area contributed by atoms with Gasteiger partial charge in [-0.15, -0.1) is 0 Å². The molecule has 0 fully saturated rings. The number of aryl methyl sites for hydroxylation is 1. The lowest BCUT2D eigenvalue weighted by Crippen LogP contribution is -2.24. The van der Waals surface area contributed by atoms with Gasteiger partial charge in [-0.1, -0.05) is 17.7 Å². The Labute approximate surface area is 152 Å². The van der Waals surface area contributed by atoms with Crippen LogP contribution in [0.25, 0.3) is 0 Å². The molecule has 7 heteroatoms. The van der Waals surface area contributed by atoms with Crippen LogP contribution < -0.4 is 20.1 Å². The van der Waals surface area contributed by atoms with E-state index >= 15 is 0 Å². The fourth-order valence-electron chi connectivity index (χ4n) is 2.16. The van der Waals surface area contributed by atoms with Gasteiger partial charge in [0.15, 0.2) is 0 Å². The summed E-state index contributed by atoms with van der Waals surface area (Å²) in [7, 11) is 3.04. The van der Waals surface area contributed by atoms with Gasteiger partial charge in [0.25, 0.3) is 0 Å². The van der Waals surface area contributed by atoms with Crippen molar-refractivity contribution in [1.82, 2.24) is 0 Å². The molecule has 2 amide bonds. The number of ether oxygens (including phenoxy) is 3. The third-order valence-corrected chi connectivity index (χ3v) is 3.48. The second kappa shape index (κ2) is 9.43. The molecule has 0 bridgehead atoms. The van der Waals surface area contributed by atoms with Gasteiger partial charge in [0.1, 0.15) is 24.7 Å². The molecule has 0 unspecified atom stereocenters. The zero-order valence-electron chi connectivity index (χ0n) is 15.0. The van der Waals surface area contributed by atoms with Crippen molar-refractivity contribution in [3.05, 3.63) is 48.0 Å². The fourth-order valence-corrected chi connectivity index (χ4v) is 2.16. The summed E-state index contributed by atoms with van der Waals surface area (Å²) in [6.45, 7) is 1.49. The van der Waals surface area contributed by atoms with Crippen LogP contribution in [0.2, 0.25) is 0 Å². The number of hydrogen-bond donors (Lipinski definition) is 2. The second-order valence-corrected chi connectivity index (χ2v) is 5.52. The summed E-state index contributed by atoms with van der Waals surface area (Å²) in [6.07, 6.45) is 0. The van der Waals surface area contributed by atoms with Crippen molar-refractivity contribution >= 4 is 23.2 Å². The van der Waals surface area contributed by atoms with Crippen LogP contribution in [0, 0.1) is 6.92 Å². The van der Waals surface area contributed by atoms with Gasteiger partial charge >= 0.3 is 0 Å². The highest BCUT2D eigenvalue weighted by Gasteiger charge is 2.10. The Bertz CT molecular complexity index is 759. The van der Waals surface area contributed by atoms with Crippen LogP contribution in [0.15, 0.2) is 42.5 Å². The molecule has 0 aliphatic carbocycles. The van der Waals surface area contributed by atoms with E-state index in [-0.39, 0.29) is 19.1 Å². The van der Waals surface area contributed by atoms with Crippen molar-refractivity contribution in [3.63, 3.8) is 0 Å². The highest BCUT2D eigenvalue weighted by Crippen LogP contribution is 2.28. The largest absolute Gasteiger partial charge is 0.497 e. The van der Waals surface area contributed by atoms with Crippen LogP contribution in [-0.4, -0.2) is 39.2 Å². The molecular weight excluding hydrogens is 336 g/mol. The normalized spacial score (nSPS) is 10.1. The molecule has 7 nitrogen and oxygen atoms in total. The van der Waals surface area contributed by atoms with E-state index in [1.807, 2.05) is 19.1 Å². The van der Waals surface area contributed by atoms with E-state index in [0.717, 1.165) is 5.56 Å². The molecule has 0 atom stereocenters. The maximum atomic E-state index is 12.0. The predicted octanol–water partition coefficient (Wildman–Crippen LogP) is 2.61. The van der Waals surface area contributed by atoms with Gasteiger partial charge in [-0.2, -0.15) is 0 Å². The first-order valence-electron chi connectivity index (χ1n) is 7.98. The topological polar surface area (TPSA) is 85.9 Å². The van der Waals surface area contributed by atoms with Gasteiger partial charge in [-0.3, -0.25) is 9.59 Å². The van der Waals surface area contributed by atoms with Crippen LogP contribution in [0.1, 0.15) is 5.56 Å². The number of benzene rings is 2. The lowest BCUT2D eigenvalue weighted by Gasteiger charge is -2.12. The molecule has 0 spiro atoms. The summed E-state index contributed by atoms with van der Waals surface area (Å²) in [5, 5.41) is 5.36. The molecule has 0 aliphatic rings. The Balaban J connectivity index is 1.78. The Morgan fingerprint density at radius 1 is 0.885 bits per heavy atom. The van der Waals surface area contributed by atoms with E-state index in [4.69, 9.17) is 14.2 Å². The number of amides is 2. The van der Waals surface area contributed by atoms with E-state index in [1.54, 1.807) is 37.4 Å². The molecular formula is C19H22N2O5. The van der Waals surface area contributed by atoms with Gasteiger partial charge in [-0.05, 0) is 31.2 Å². The van der Waals surface area contributed by atoms with Crippen LogP contribution in [-0.2, 0) is 14.3 Å². The highest BCUT2D eigenvalue weighted by molar-refractivity contribution is 5.94. The smallest absolute Gasteiger partial charge is 0.250 e. The van der Waals surface area contributed by atoms with E-state index in [1.165, 1.54) is 7.11 Å². The van der Waals surface area contributed by atoms with Crippen molar-refractivity contribution in [3.8, 4) is 11.5 Å². The van der Waals surface area contributed by atoms with Gasteiger partial charge in [-0.25, -0.2) is 0 Å². The number of carbonyl (C=O) groups is 2. The van der Waals surface area contributed by atoms with Crippen LogP contribution >= 0.6 is 0 Å². The third-order valence-electron chi connectivity index (χ3n) is 3.48. The van der Waals surface area contributed by atoms with Crippen LogP contribution in [0.3, 0.4) is 0 Å². The first-order chi connectivity index (χ1) is 12.5. The lowest BCUT2D eigenvalue weighted by atomic mass is 10.2. The third kappa shape index (κ3) is 5.78. The predicted molar refractivity (Wildman–Crippen MR) is 98.8 cm³/mol. The number of carbonyl (C=O) groups excluding carboxylic acids is 2. The van der Waals surface area contributed by atoms with Crippen molar-refractivity contribution in [2.24, 2.45) is 0 Å². The Morgan fingerprint density at radius 3 is 2.15 bits per heavy atom. The van der Waals surface area contributed by atoms with Crippen LogP contribution in [0.4, 0.5) is 11.4 Å². The molecule has 2 aromatic carbocycles. The number of hydrogen-bond acceptors (Lipinski definition) is 5. The molecule has 0 saturated heterocycles. The van der Waals surface area contributed by atoms with Crippen molar-refractivity contribution in [1.29, 1.82) is 0 Å². The maximum Gasteiger partial charge on any atom is 0.250 e. The molecule has 2 rings (SSSR count). The second-order valence-electron chi connectivity index (χ2n) is 5.52. The quantitative estimate of drug-likeness (QED) is 0.758. The number of rotatable bonds is 8. The minimum Gasteiger partial charge on any atom is -0.497 e. The minimum absolute atomic E-state index is 0.221. The summed E-state index contributed by atoms with van der Waals surface area (Å²) in [5.41, 5.74) is 2.27. The first-order valence-corrected chi connectivity index (χ1v) is 7.98. The van der Waals surface area contributed by atoms with Crippen molar-refractivity contribution in [2.45, 2.75) is 6.92 Å². The maximum absolute atomic E-state index is 12.0. The van der Waals surface area contributed by atoms with Gasteiger partial charge in [0, 0.05) is 11.8 Å². The van der Waals surface area contributed by atoms with Gasteiger partial charge < -0.3 is 24.8 Å². The highest BCUT2D eigenvalue weighted by atomic mass is 16.5. The lowest BCUT2D eigenvalue weighted by molar-refractivity contribution is -0.125. The molecule has 2 N–H and O–H groups in total. The van der Waals surface area contributed by atoms with E-state index in [0.29, 0.717) is 22.9 Å². The molecule has 26 heavy (non-hydrogen) atoms. The number of nitrogens with one attached hydrogen (secondary N) is 2.